The van der Waals surface area contributed by atoms with Crippen molar-refractivity contribution in [2.24, 2.45) is 5.92 Å². The molecule has 2 heterocycles. The molecule has 2 atom stereocenters. The topological polar surface area (TPSA) is 58.2 Å². The molecule has 0 spiro atoms. The number of carbonyl (C=O) groups excluding carboxylic acids is 2. The number of carbonyl (C=O) groups is 2. The molecule has 7 heteroatoms. The van der Waals surface area contributed by atoms with E-state index in [-0.39, 0.29) is 29.6 Å². The van der Waals surface area contributed by atoms with Gasteiger partial charge in [-0.25, -0.2) is 4.39 Å². The van der Waals surface area contributed by atoms with E-state index in [1.54, 1.807) is 18.2 Å². The van der Waals surface area contributed by atoms with Crippen LogP contribution in [0.2, 0.25) is 0 Å². The summed E-state index contributed by atoms with van der Waals surface area (Å²) < 4.78 is 14.0. The maximum atomic E-state index is 14.0. The third-order valence-electron chi connectivity index (χ3n) is 4.32. The van der Waals surface area contributed by atoms with Crippen molar-refractivity contribution >= 4 is 34.9 Å². The molecule has 2 amide bonds. The standard InChI is InChI=1S/C19H21FN2O2S2/c1-11(2)16(22-18(23)15-7-4-9-25-15)19(24)21-14-8-10-26-17-12(14)5-3-6-13(17)20/h3-7,9,11,14,16H,8,10H2,1-2H3,(H,21,24)(H,22,23). The number of halogens is 1. The summed E-state index contributed by atoms with van der Waals surface area (Å²) in [6.45, 7) is 3.78. The van der Waals surface area contributed by atoms with Gasteiger partial charge in [-0.15, -0.1) is 23.1 Å². The van der Waals surface area contributed by atoms with Crippen LogP contribution in [0.5, 0.6) is 0 Å². The van der Waals surface area contributed by atoms with Crippen molar-refractivity contribution in [2.75, 3.05) is 5.75 Å². The Morgan fingerprint density at radius 1 is 1.23 bits per heavy atom. The van der Waals surface area contributed by atoms with Gasteiger partial charge in [-0.3, -0.25) is 9.59 Å². The maximum absolute atomic E-state index is 14.0. The van der Waals surface area contributed by atoms with E-state index < -0.39 is 6.04 Å². The molecule has 2 aromatic rings. The Bertz CT molecular complexity index is 793. The lowest BCUT2D eigenvalue weighted by atomic mass is 10.00. The Balaban J connectivity index is 1.73. The third kappa shape index (κ3) is 4.10. The Kier molecular flexibility index (Phi) is 5.98. The predicted octanol–water partition coefficient (Wildman–Crippen LogP) is 3.99. The van der Waals surface area contributed by atoms with Gasteiger partial charge in [0.15, 0.2) is 0 Å². The Morgan fingerprint density at radius 2 is 2.04 bits per heavy atom. The lowest BCUT2D eigenvalue weighted by Gasteiger charge is -2.29. The van der Waals surface area contributed by atoms with E-state index in [9.17, 15) is 14.0 Å². The normalized spacial score (nSPS) is 17.5. The van der Waals surface area contributed by atoms with Gasteiger partial charge >= 0.3 is 0 Å². The van der Waals surface area contributed by atoms with Crippen molar-refractivity contribution in [1.82, 2.24) is 10.6 Å². The molecule has 0 saturated heterocycles. The second kappa shape index (κ2) is 8.22. The number of thioether (sulfide) groups is 1. The summed E-state index contributed by atoms with van der Waals surface area (Å²) >= 11 is 2.81. The highest BCUT2D eigenvalue weighted by atomic mass is 32.2. The second-order valence-electron chi connectivity index (χ2n) is 6.53. The second-order valence-corrected chi connectivity index (χ2v) is 8.58. The van der Waals surface area contributed by atoms with Crippen molar-refractivity contribution < 1.29 is 14.0 Å². The number of nitrogens with one attached hydrogen (secondary N) is 2. The summed E-state index contributed by atoms with van der Waals surface area (Å²) in [7, 11) is 0. The molecule has 1 aliphatic heterocycles. The first-order valence-electron chi connectivity index (χ1n) is 8.53. The van der Waals surface area contributed by atoms with E-state index >= 15 is 0 Å². The van der Waals surface area contributed by atoms with Gasteiger partial charge in [-0.2, -0.15) is 0 Å². The summed E-state index contributed by atoms with van der Waals surface area (Å²) in [6, 6.07) is 7.60. The number of benzene rings is 1. The molecule has 0 bridgehead atoms. The van der Waals surface area contributed by atoms with Crippen LogP contribution in [-0.2, 0) is 4.79 Å². The summed E-state index contributed by atoms with van der Waals surface area (Å²) in [4.78, 5) is 26.3. The smallest absolute Gasteiger partial charge is 0.262 e. The minimum absolute atomic E-state index is 0.0659. The highest BCUT2D eigenvalue weighted by Gasteiger charge is 2.30. The van der Waals surface area contributed by atoms with Crippen LogP contribution in [0.4, 0.5) is 4.39 Å². The molecule has 1 aliphatic rings. The van der Waals surface area contributed by atoms with Gasteiger partial charge in [0, 0.05) is 10.6 Å². The van der Waals surface area contributed by atoms with Crippen LogP contribution in [0.15, 0.2) is 40.6 Å². The fraction of sp³-hybridized carbons (Fsp3) is 0.368. The first kappa shape index (κ1) is 18.9. The van der Waals surface area contributed by atoms with Gasteiger partial charge in [0.1, 0.15) is 11.9 Å². The zero-order valence-electron chi connectivity index (χ0n) is 14.6. The van der Waals surface area contributed by atoms with Crippen LogP contribution >= 0.6 is 23.1 Å². The summed E-state index contributed by atoms with van der Waals surface area (Å²) in [5.41, 5.74) is 0.807. The summed E-state index contributed by atoms with van der Waals surface area (Å²) in [5.74, 6) is -0.0644. The summed E-state index contributed by atoms with van der Waals surface area (Å²) in [6.07, 6.45) is 0.733. The molecule has 2 N–H and O–H groups in total. The fourth-order valence-corrected chi connectivity index (χ4v) is 4.72. The SMILES string of the molecule is CC(C)C(NC(=O)c1cccs1)C(=O)NC1CCSc2c(F)cccc21. The third-order valence-corrected chi connectivity index (χ3v) is 6.35. The molecule has 0 saturated carbocycles. The fourth-order valence-electron chi connectivity index (χ4n) is 2.95. The van der Waals surface area contributed by atoms with Gasteiger partial charge < -0.3 is 10.6 Å². The molecule has 4 nitrogen and oxygen atoms in total. The Hall–Kier alpha value is -1.86. The van der Waals surface area contributed by atoms with E-state index in [0.717, 1.165) is 17.7 Å². The van der Waals surface area contributed by atoms with Crippen LogP contribution in [0, 0.1) is 11.7 Å². The lowest BCUT2D eigenvalue weighted by molar-refractivity contribution is -0.124. The number of amides is 2. The zero-order valence-corrected chi connectivity index (χ0v) is 16.3. The van der Waals surface area contributed by atoms with E-state index in [2.05, 4.69) is 10.6 Å². The van der Waals surface area contributed by atoms with Gasteiger partial charge in [0.2, 0.25) is 5.91 Å². The van der Waals surface area contributed by atoms with Crippen molar-refractivity contribution in [2.45, 2.75) is 37.2 Å². The van der Waals surface area contributed by atoms with E-state index in [0.29, 0.717) is 9.77 Å². The molecule has 0 fully saturated rings. The minimum atomic E-state index is -0.642. The lowest BCUT2D eigenvalue weighted by Crippen LogP contribution is -2.50. The van der Waals surface area contributed by atoms with Gasteiger partial charge in [0.05, 0.1) is 10.9 Å². The number of hydrogen-bond donors (Lipinski definition) is 2. The first-order valence-corrected chi connectivity index (χ1v) is 10.4. The number of thiophene rings is 1. The van der Waals surface area contributed by atoms with E-state index in [4.69, 9.17) is 0 Å². The highest BCUT2D eigenvalue weighted by molar-refractivity contribution is 7.99. The van der Waals surface area contributed by atoms with Crippen molar-refractivity contribution in [1.29, 1.82) is 0 Å². The van der Waals surface area contributed by atoms with Crippen molar-refractivity contribution in [3.8, 4) is 0 Å². The molecule has 0 aliphatic carbocycles. The van der Waals surface area contributed by atoms with E-state index in [1.807, 2.05) is 25.3 Å². The van der Waals surface area contributed by atoms with Crippen LogP contribution in [0.25, 0.3) is 0 Å². The first-order chi connectivity index (χ1) is 12.5. The molecule has 138 valence electrons. The van der Waals surface area contributed by atoms with Crippen LogP contribution in [0.3, 0.4) is 0 Å². The molecule has 1 aromatic carbocycles. The Labute approximate surface area is 160 Å². The van der Waals surface area contributed by atoms with Crippen molar-refractivity contribution in [3.63, 3.8) is 0 Å². The van der Waals surface area contributed by atoms with Crippen LogP contribution in [-0.4, -0.2) is 23.6 Å². The van der Waals surface area contributed by atoms with E-state index in [1.165, 1.54) is 29.2 Å². The van der Waals surface area contributed by atoms with Gasteiger partial charge in [-0.1, -0.05) is 32.0 Å². The zero-order chi connectivity index (χ0) is 18.7. The monoisotopic (exact) mass is 392 g/mol. The van der Waals surface area contributed by atoms with Crippen molar-refractivity contribution in [3.05, 3.63) is 52.0 Å². The highest BCUT2D eigenvalue weighted by Crippen LogP contribution is 2.37. The molecule has 0 radical (unpaired) electrons. The maximum Gasteiger partial charge on any atom is 0.262 e. The molecular weight excluding hydrogens is 371 g/mol. The van der Waals surface area contributed by atoms with Gasteiger partial charge in [-0.05, 0) is 35.4 Å². The molecule has 26 heavy (non-hydrogen) atoms. The number of rotatable bonds is 5. The molecule has 1 aromatic heterocycles. The quantitative estimate of drug-likeness (QED) is 0.809. The van der Waals surface area contributed by atoms with Crippen LogP contribution in [0.1, 0.15) is 41.5 Å². The average Bonchev–Trinajstić information content (AvgIpc) is 3.15. The van der Waals surface area contributed by atoms with Crippen LogP contribution < -0.4 is 10.6 Å². The summed E-state index contributed by atoms with van der Waals surface area (Å²) in [5, 5.41) is 7.65. The molecule has 2 unspecified atom stereocenters. The largest absolute Gasteiger partial charge is 0.347 e. The minimum Gasteiger partial charge on any atom is -0.347 e. The Morgan fingerprint density at radius 3 is 2.73 bits per heavy atom. The molecule has 3 rings (SSSR count). The number of fused-ring (bicyclic) bond motifs is 1. The molecular formula is C19H21FN2O2S2. The predicted molar refractivity (Wildman–Crippen MR) is 103 cm³/mol. The number of hydrogen-bond acceptors (Lipinski definition) is 4. The average molecular weight is 393 g/mol. The van der Waals surface area contributed by atoms with Gasteiger partial charge in [0.25, 0.3) is 5.91 Å².